The second-order valence-corrected chi connectivity index (χ2v) is 7.17. The quantitative estimate of drug-likeness (QED) is 0.873. The fraction of sp³-hybridized carbons (Fsp3) is 0.200. The van der Waals surface area contributed by atoms with Crippen LogP contribution >= 0.6 is 11.6 Å². The number of rotatable bonds is 3. The van der Waals surface area contributed by atoms with Crippen LogP contribution in [0, 0.1) is 0 Å². The summed E-state index contributed by atoms with van der Waals surface area (Å²) in [4.78, 5) is 0. The molecule has 1 heterocycles. The molecule has 0 bridgehead atoms. The van der Waals surface area contributed by atoms with Crippen molar-refractivity contribution >= 4 is 27.3 Å². The molecule has 0 saturated carbocycles. The highest BCUT2D eigenvalue weighted by Gasteiger charge is 2.29. The fourth-order valence-electron chi connectivity index (χ4n) is 2.49. The van der Waals surface area contributed by atoms with Crippen LogP contribution in [0.3, 0.4) is 0 Å². The van der Waals surface area contributed by atoms with Crippen LogP contribution in [0.15, 0.2) is 48.5 Å². The Hall–Kier alpha value is -1.52. The fourth-order valence-corrected chi connectivity index (χ4v) is 4.30. The third-order valence-electron chi connectivity index (χ3n) is 3.42. The summed E-state index contributed by atoms with van der Waals surface area (Å²) in [6, 6.07) is 14.6. The van der Waals surface area contributed by atoms with Gasteiger partial charge in [-0.25, -0.2) is 8.42 Å². The highest BCUT2D eigenvalue weighted by Crippen LogP contribution is 2.33. The van der Waals surface area contributed by atoms with Gasteiger partial charge in [0.2, 0.25) is 10.0 Å². The smallest absolute Gasteiger partial charge is 0.239 e. The van der Waals surface area contributed by atoms with Crippen molar-refractivity contribution in [2.75, 3.05) is 10.8 Å². The molecule has 0 saturated heterocycles. The topological polar surface area (TPSA) is 37.4 Å². The monoisotopic (exact) mass is 307 g/mol. The third kappa shape index (κ3) is 2.53. The lowest BCUT2D eigenvalue weighted by molar-refractivity contribution is 0.591. The summed E-state index contributed by atoms with van der Waals surface area (Å²) in [5.41, 5.74) is 2.55. The maximum absolute atomic E-state index is 12.5. The van der Waals surface area contributed by atoms with Gasteiger partial charge in [0.1, 0.15) is 0 Å². The van der Waals surface area contributed by atoms with Crippen molar-refractivity contribution in [3.63, 3.8) is 0 Å². The molecule has 0 aromatic heterocycles. The summed E-state index contributed by atoms with van der Waals surface area (Å²) >= 11 is 5.95. The van der Waals surface area contributed by atoms with Crippen molar-refractivity contribution in [3.8, 4) is 0 Å². The van der Waals surface area contributed by atoms with Crippen molar-refractivity contribution in [1.29, 1.82) is 0 Å². The van der Waals surface area contributed by atoms with Crippen molar-refractivity contribution < 1.29 is 8.42 Å². The molecule has 3 rings (SSSR count). The van der Waals surface area contributed by atoms with Crippen LogP contribution in [0.1, 0.15) is 11.1 Å². The third-order valence-corrected chi connectivity index (χ3v) is 5.41. The van der Waals surface area contributed by atoms with Crippen LogP contribution in [0.2, 0.25) is 5.02 Å². The lowest BCUT2D eigenvalue weighted by atomic mass is 10.2. The lowest BCUT2D eigenvalue weighted by Gasteiger charge is -2.19. The number of halogens is 1. The summed E-state index contributed by atoms with van der Waals surface area (Å²) in [5, 5.41) is 0.644. The van der Waals surface area contributed by atoms with Crippen LogP contribution in [-0.4, -0.2) is 15.0 Å². The Balaban J connectivity index is 1.91. The van der Waals surface area contributed by atoms with E-state index < -0.39 is 10.0 Å². The van der Waals surface area contributed by atoms with Crippen LogP contribution in [0.4, 0.5) is 5.69 Å². The molecule has 0 spiro atoms. The van der Waals surface area contributed by atoms with Gasteiger partial charge in [0.15, 0.2) is 0 Å². The van der Waals surface area contributed by atoms with Crippen LogP contribution < -0.4 is 4.31 Å². The molecule has 0 atom stereocenters. The Bertz CT molecular complexity index is 729. The first kappa shape index (κ1) is 13.5. The Morgan fingerprint density at radius 2 is 1.85 bits per heavy atom. The predicted octanol–water partition coefficient (Wildman–Crippen LogP) is 3.23. The van der Waals surface area contributed by atoms with Crippen LogP contribution in [-0.2, 0) is 22.2 Å². The SMILES string of the molecule is O=S(=O)(Cc1ccccc1)N1CCc2cc(Cl)ccc21. The molecule has 0 aliphatic carbocycles. The second-order valence-electron chi connectivity index (χ2n) is 4.84. The zero-order valence-corrected chi connectivity index (χ0v) is 12.4. The van der Waals surface area contributed by atoms with E-state index in [1.165, 1.54) is 4.31 Å². The number of fused-ring (bicyclic) bond motifs is 1. The minimum Gasteiger partial charge on any atom is -0.269 e. The second kappa shape index (κ2) is 5.11. The van der Waals surface area contributed by atoms with Gasteiger partial charge in [-0.05, 0) is 35.7 Å². The van der Waals surface area contributed by atoms with Crippen molar-refractivity contribution in [2.24, 2.45) is 0 Å². The van der Waals surface area contributed by atoms with Gasteiger partial charge < -0.3 is 0 Å². The van der Waals surface area contributed by atoms with E-state index in [9.17, 15) is 8.42 Å². The zero-order chi connectivity index (χ0) is 14.2. The van der Waals surface area contributed by atoms with Gasteiger partial charge in [-0.15, -0.1) is 0 Å². The van der Waals surface area contributed by atoms with Crippen LogP contribution in [0.5, 0.6) is 0 Å². The first-order valence-corrected chi connectivity index (χ1v) is 8.38. The highest BCUT2D eigenvalue weighted by atomic mass is 35.5. The average Bonchev–Trinajstić information content (AvgIpc) is 2.83. The average molecular weight is 308 g/mol. The maximum atomic E-state index is 12.5. The minimum absolute atomic E-state index is 0.0237. The van der Waals surface area contributed by atoms with E-state index in [1.807, 2.05) is 36.4 Å². The molecule has 0 N–H and O–H groups in total. The number of benzene rings is 2. The van der Waals surface area contributed by atoms with Crippen molar-refractivity contribution in [1.82, 2.24) is 0 Å². The summed E-state index contributed by atoms with van der Waals surface area (Å²) in [5.74, 6) is 0.0237. The number of nitrogens with zero attached hydrogens (tertiary/aromatic N) is 1. The molecule has 3 nitrogen and oxygen atoms in total. The molecule has 0 fully saturated rings. The van der Waals surface area contributed by atoms with Crippen molar-refractivity contribution in [2.45, 2.75) is 12.2 Å². The van der Waals surface area contributed by atoms with Gasteiger partial charge in [-0.1, -0.05) is 41.9 Å². The van der Waals surface area contributed by atoms with E-state index in [4.69, 9.17) is 11.6 Å². The Kier molecular flexibility index (Phi) is 3.44. The first-order valence-electron chi connectivity index (χ1n) is 6.39. The predicted molar refractivity (Wildman–Crippen MR) is 81.6 cm³/mol. The number of hydrogen-bond donors (Lipinski definition) is 0. The minimum atomic E-state index is -3.35. The number of sulfonamides is 1. The molecule has 1 aliphatic rings. The van der Waals surface area contributed by atoms with Gasteiger partial charge in [-0.2, -0.15) is 0 Å². The molecule has 0 radical (unpaired) electrons. The molecule has 5 heteroatoms. The zero-order valence-electron chi connectivity index (χ0n) is 10.8. The highest BCUT2D eigenvalue weighted by molar-refractivity contribution is 7.92. The molecular formula is C15H14ClNO2S. The van der Waals surface area contributed by atoms with Gasteiger partial charge in [0.25, 0.3) is 0 Å². The van der Waals surface area contributed by atoms with Crippen LogP contribution in [0.25, 0.3) is 0 Å². The van der Waals surface area contributed by atoms with E-state index in [1.54, 1.807) is 12.1 Å². The normalized spacial score (nSPS) is 14.3. The van der Waals surface area contributed by atoms with E-state index in [0.717, 1.165) is 16.8 Å². The molecule has 2 aromatic carbocycles. The molecule has 1 aliphatic heterocycles. The standard InChI is InChI=1S/C15H14ClNO2S/c16-14-6-7-15-13(10-14)8-9-17(15)20(18,19)11-12-4-2-1-3-5-12/h1-7,10H,8-9,11H2. The van der Waals surface area contributed by atoms with Crippen molar-refractivity contribution in [3.05, 3.63) is 64.7 Å². The summed E-state index contributed by atoms with van der Waals surface area (Å²) in [6.45, 7) is 0.491. The molecule has 20 heavy (non-hydrogen) atoms. The largest absolute Gasteiger partial charge is 0.269 e. The van der Waals surface area contributed by atoms with E-state index in [2.05, 4.69) is 0 Å². The summed E-state index contributed by atoms with van der Waals surface area (Å²) < 4.78 is 26.6. The Morgan fingerprint density at radius 1 is 1.10 bits per heavy atom. The number of anilines is 1. The maximum Gasteiger partial charge on any atom is 0.239 e. The van der Waals surface area contributed by atoms with E-state index in [0.29, 0.717) is 18.0 Å². The Morgan fingerprint density at radius 3 is 2.60 bits per heavy atom. The van der Waals surface area contributed by atoms with Gasteiger partial charge >= 0.3 is 0 Å². The lowest BCUT2D eigenvalue weighted by Crippen LogP contribution is -2.30. The Labute approximate surface area is 123 Å². The molecule has 0 unspecified atom stereocenters. The summed E-state index contributed by atoms with van der Waals surface area (Å²) in [7, 11) is -3.35. The summed E-state index contributed by atoms with van der Waals surface area (Å²) in [6.07, 6.45) is 0.712. The van der Waals surface area contributed by atoms with Gasteiger partial charge in [0.05, 0.1) is 11.4 Å². The van der Waals surface area contributed by atoms with E-state index in [-0.39, 0.29) is 5.75 Å². The van der Waals surface area contributed by atoms with Gasteiger partial charge in [-0.3, -0.25) is 4.31 Å². The molecule has 2 aromatic rings. The first-order chi connectivity index (χ1) is 9.56. The van der Waals surface area contributed by atoms with Gasteiger partial charge in [0, 0.05) is 11.6 Å². The molecule has 104 valence electrons. The van der Waals surface area contributed by atoms with E-state index >= 15 is 0 Å². The molecule has 0 amide bonds. The molecular weight excluding hydrogens is 294 g/mol. The number of hydrogen-bond acceptors (Lipinski definition) is 2.